The lowest BCUT2D eigenvalue weighted by Crippen LogP contribution is -2.34. The normalized spacial score (nSPS) is 16.4. The first-order chi connectivity index (χ1) is 15.3. The Hall–Kier alpha value is -2.75. The molecule has 0 saturated carbocycles. The third kappa shape index (κ3) is 5.01. The van der Waals surface area contributed by atoms with Gasteiger partial charge in [0.15, 0.2) is 0 Å². The van der Waals surface area contributed by atoms with E-state index in [1.54, 1.807) is 53.4 Å². The van der Waals surface area contributed by atoms with Crippen LogP contribution in [0.2, 0.25) is 5.02 Å². The van der Waals surface area contributed by atoms with Crippen molar-refractivity contribution in [1.82, 2.24) is 19.8 Å². The average Bonchev–Trinajstić information content (AvgIpc) is 3.44. The summed E-state index contributed by atoms with van der Waals surface area (Å²) in [5.74, 6) is 0.646. The summed E-state index contributed by atoms with van der Waals surface area (Å²) in [7, 11) is -3.66. The number of nitrogens with zero attached hydrogens (tertiary/aromatic N) is 3. The Bertz CT molecular complexity index is 1190. The summed E-state index contributed by atoms with van der Waals surface area (Å²) < 4.78 is 32.8. The van der Waals surface area contributed by atoms with E-state index in [-0.39, 0.29) is 29.8 Å². The summed E-state index contributed by atoms with van der Waals surface area (Å²) in [6, 6.07) is 13.3. The Morgan fingerprint density at radius 1 is 1.19 bits per heavy atom. The standard InChI is InChI=1S/C22H23ClN4O4S/c1-15-4-10-18(11-5-15)32(29,30)24-13-12-20(28)27-14-2-3-19(27)22-25-21(26-31-22)16-6-8-17(23)9-7-16/h4-11,19,24H,2-3,12-14H2,1H3. The van der Waals surface area contributed by atoms with Crippen LogP contribution in [0.15, 0.2) is 57.9 Å². The van der Waals surface area contributed by atoms with Gasteiger partial charge >= 0.3 is 0 Å². The van der Waals surface area contributed by atoms with Crippen LogP contribution in [-0.2, 0) is 14.8 Å². The van der Waals surface area contributed by atoms with Gasteiger partial charge in [-0.25, -0.2) is 13.1 Å². The molecule has 1 fully saturated rings. The van der Waals surface area contributed by atoms with E-state index in [2.05, 4.69) is 14.9 Å². The van der Waals surface area contributed by atoms with Crippen molar-refractivity contribution in [2.45, 2.75) is 37.1 Å². The Morgan fingerprint density at radius 3 is 2.62 bits per heavy atom. The minimum absolute atomic E-state index is 0.0120. The summed E-state index contributed by atoms with van der Waals surface area (Å²) in [6.45, 7) is 2.46. The molecule has 1 aliphatic rings. The molecule has 1 atom stereocenters. The van der Waals surface area contributed by atoms with Crippen LogP contribution in [0.1, 0.15) is 36.8 Å². The highest BCUT2D eigenvalue weighted by atomic mass is 35.5. The molecule has 4 rings (SSSR count). The van der Waals surface area contributed by atoms with Crippen molar-refractivity contribution in [2.75, 3.05) is 13.1 Å². The maximum atomic E-state index is 12.8. The predicted molar refractivity (Wildman–Crippen MR) is 119 cm³/mol. The van der Waals surface area contributed by atoms with Gasteiger partial charge in [0.1, 0.15) is 6.04 Å². The van der Waals surface area contributed by atoms with E-state index >= 15 is 0 Å². The molecule has 2 heterocycles. The molecule has 10 heteroatoms. The number of carbonyl (C=O) groups is 1. The highest BCUT2D eigenvalue weighted by molar-refractivity contribution is 7.89. The Morgan fingerprint density at radius 2 is 1.91 bits per heavy atom. The van der Waals surface area contributed by atoms with Crippen LogP contribution in [0.25, 0.3) is 11.4 Å². The van der Waals surface area contributed by atoms with Crippen molar-refractivity contribution in [3.05, 3.63) is 65.0 Å². The highest BCUT2D eigenvalue weighted by Crippen LogP contribution is 2.32. The maximum Gasteiger partial charge on any atom is 0.249 e. The average molecular weight is 475 g/mol. The lowest BCUT2D eigenvalue weighted by Gasteiger charge is -2.22. The second-order valence-electron chi connectivity index (χ2n) is 7.67. The first kappa shape index (κ1) is 22.4. The van der Waals surface area contributed by atoms with Gasteiger partial charge in [-0.1, -0.05) is 34.5 Å². The number of carbonyl (C=O) groups excluding carboxylic acids is 1. The molecule has 1 aliphatic heterocycles. The minimum atomic E-state index is -3.66. The number of aromatic nitrogens is 2. The van der Waals surface area contributed by atoms with Gasteiger partial charge in [-0.05, 0) is 56.2 Å². The van der Waals surface area contributed by atoms with E-state index in [4.69, 9.17) is 16.1 Å². The second-order valence-corrected chi connectivity index (χ2v) is 9.87. The quantitative estimate of drug-likeness (QED) is 0.559. The molecule has 0 radical (unpaired) electrons. The summed E-state index contributed by atoms with van der Waals surface area (Å²) in [5, 5.41) is 4.64. The van der Waals surface area contributed by atoms with Crippen LogP contribution >= 0.6 is 11.6 Å². The van der Waals surface area contributed by atoms with Crippen molar-refractivity contribution in [2.24, 2.45) is 0 Å². The van der Waals surface area contributed by atoms with E-state index in [1.165, 1.54) is 0 Å². The Balaban J connectivity index is 1.37. The lowest BCUT2D eigenvalue weighted by atomic mass is 10.2. The topological polar surface area (TPSA) is 105 Å². The molecule has 32 heavy (non-hydrogen) atoms. The molecule has 8 nitrogen and oxygen atoms in total. The number of hydrogen-bond acceptors (Lipinski definition) is 6. The predicted octanol–water partition coefficient (Wildman–Crippen LogP) is 3.73. The highest BCUT2D eigenvalue weighted by Gasteiger charge is 2.34. The molecule has 168 valence electrons. The largest absolute Gasteiger partial charge is 0.337 e. The number of nitrogens with one attached hydrogen (secondary N) is 1. The van der Waals surface area contributed by atoms with Crippen LogP contribution in [-0.4, -0.2) is 42.5 Å². The zero-order chi connectivity index (χ0) is 22.7. The summed E-state index contributed by atoms with van der Waals surface area (Å²) in [6.07, 6.45) is 1.56. The van der Waals surface area contributed by atoms with Crippen LogP contribution in [0, 0.1) is 6.92 Å². The van der Waals surface area contributed by atoms with Crippen molar-refractivity contribution < 1.29 is 17.7 Å². The molecule has 1 amide bonds. The van der Waals surface area contributed by atoms with Gasteiger partial charge in [-0.3, -0.25) is 4.79 Å². The summed E-state index contributed by atoms with van der Waals surface area (Å²) in [4.78, 5) is 19.1. The SMILES string of the molecule is Cc1ccc(S(=O)(=O)NCCC(=O)N2CCCC2c2nc(-c3ccc(Cl)cc3)no2)cc1. The Labute approximate surface area is 191 Å². The first-order valence-electron chi connectivity index (χ1n) is 10.3. The molecule has 3 aromatic rings. The summed E-state index contributed by atoms with van der Waals surface area (Å²) in [5.41, 5.74) is 1.74. The summed E-state index contributed by atoms with van der Waals surface area (Å²) >= 11 is 5.92. The first-order valence-corrected chi connectivity index (χ1v) is 12.1. The molecule has 0 bridgehead atoms. The molecule has 1 N–H and O–H groups in total. The number of rotatable bonds is 7. The zero-order valence-corrected chi connectivity index (χ0v) is 19.1. The molecular weight excluding hydrogens is 452 g/mol. The monoisotopic (exact) mass is 474 g/mol. The third-order valence-corrected chi connectivity index (χ3v) is 7.09. The second kappa shape index (κ2) is 9.40. The van der Waals surface area contributed by atoms with Crippen LogP contribution in [0.5, 0.6) is 0 Å². The molecule has 1 unspecified atom stereocenters. The van der Waals surface area contributed by atoms with Crippen molar-refractivity contribution >= 4 is 27.5 Å². The van der Waals surface area contributed by atoms with Gasteiger partial charge in [-0.15, -0.1) is 0 Å². The van der Waals surface area contributed by atoms with Crippen LogP contribution < -0.4 is 4.72 Å². The van der Waals surface area contributed by atoms with Gasteiger partial charge < -0.3 is 9.42 Å². The van der Waals surface area contributed by atoms with E-state index < -0.39 is 10.0 Å². The van der Waals surface area contributed by atoms with Crippen LogP contribution in [0.4, 0.5) is 0 Å². The fourth-order valence-electron chi connectivity index (χ4n) is 3.65. The molecule has 1 saturated heterocycles. The zero-order valence-electron chi connectivity index (χ0n) is 17.5. The fourth-order valence-corrected chi connectivity index (χ4v) is 4.80. The molecular formula is C22H23ClN4O4S. The molecule has 0 aliphatic carbocycles. The smallest absolute Gasteiger partial charge is 0.249 e. The number of likely N-dealkylation sites (tertiary alicyclic amines) is 1. The number of amides is 1. The number of aryl methyl sites for hydroxylation is 1. The number of sulfonamides is 1. The van der Waals surface area contributed by atoms with Gasteiger partial charge in [-0.2, -0.15) is 4.98 Å². The number of hydrogen-bond donors (Lipinski definition) is 1. The van der Waals surface area contributed by atoms with E-state index in [9.17, 15) is 13.2 Å². The number of halogens is 1. The molecule has 0 spiro atoms. The van der Waals surface area contributed by atoms with E-state index in [0.29, 0.717) is 29.7 Å². The maximum absolute atomic E-state index is 12.8. The molecule has 2 aromatic carbocycles. The minimum Gasteiger partial charge on any atom is -0.337 e. The van der Waals surface area contributed by atoms with Crippen LogP contribution in [0.3, 0.4) is 0 Å². The number of benzene rings is 2. The van der Waals surface area contributed by atoms with Gasteiger partial charge in [0.25, 0.3) is 0 Å². The fraction of sp³-hybridized carbons (Fsp3) is 0.318. The van der Waals surface area contributed by atoms with Gasteiger partial charge in [0.05, 0.1) is 4.90 Å². The molecule has 1 aromatic heterocycles. The van der Waals surface area contributed by atoms with Crippen molar-refractivity contribution in [3.63, 3.8) is 0 Å². The van der Waals surface area contributed by atoms with Crippen molar-refractivity contribution in [1.29, 1.82) is 0 Å². The van der Waals surface area contributed by atoms with E-state index in [0.717, 1.165) is 17.5 Å². The lowest BCUT2D eigenvalue weighted by molar-refractivity contribution is -0.132. The van der Waals surface area contributed by atoms with Gasteiger partial charge in [0.2, 0.25) is 27.6 Å². The van der Waals surface area contributed by atoms with Gasteiger partial charge in [0, 0.05) is 30.1 Å². The third-order valence-electron chi connectivity index (χ3n) is 5.36. The van der Waals surface area contributed by atoms with Crippen molar-refractivity contribution in [3.8, 4) is 11.4 Å². The Kier molecular flexibility index (Phi) is 6.59. The van der Waals surface area contributed by atoms with E-state index in [1.807, 2.05) is 6.92 Å².